The molecule has 3 rings (SSSR count). The molecule has 2 aromatic rings. The first kappa shape index (κ1) is 18.7. The highest BCUT2D eigenvalue weighted by molar-refractivity contribution is 14.1. The van der Waals surface area contributed by atoms with Crippen molar-refractivity contribution in [1.82, 2.24) is 0 Å². The van der Waals surface area contributed by atoms with Crippen LogP contribution in [-0.4, -0.2) is 36.7 Å². The van der Waals surface area contributed by atoms with Crippen molar-refractivity contribution in [1.29, 1.82) is 0 Å². The third kappa shape index (κ3) is 2.84. The van der Waals surface area contributed by atoms with Crippen LogP contribution in [0, 0.1) is 3.57 Å². The fourth-order valence-electron chi connectivity index (χ4n) is 3.22. The molecule has 1 heterocycles. The van der Waals surface area contributed by atoms with Gasteiger partial charge in [0.2, 0.25) is 0 Å². The number of anilines is 2. The number of ether oxygens (including phenoxy) is 1. The molecule has 7 heteroatoms. The molecule has 2 atom stereocenters. The highest BCUT2D eigenvalue weighted by Gasteiger charge is 2.58. The highest BCUT2D eigenvalue weighted by atomic mass is 127. The van der Waals surface area contributed by atoms with E-state index < -0.39 is 23.5 Å². The molecule has 0 aromatic heterocycles. The van der Waals surface area contributed by atoms with E-state index in [4.69, 9.17) is 4.74 Å². The van der Waals surface area contributed by atoms with E-state index in [-0.39, 0.29) is 6.61 Å². The van der Waals surface area contributed by atoms with Crippen LogP contribution in [0.15, 0.2) is 48.5 Å². The van der Waals surface area contributed by atoms with Crippen molar-refractivity contribution in [3.05, 3.63) is 57.7 Å². The smallest absolute Gasteiger partial charge is 0.338 e. The number of aliphatic hydroxyl groups excluding tert-OH is 1. The molecular formula is C19H19IN2O4. The number of carbonyl (C=O) groups excluding carboxylic acids is 2. The van der Waals surface area contributed by atoms with Gasteiger partial charge in [-0.1, -0.05) is 30.3 Å². The summed E-state index contributed by atoms with van der Waals surface area (Å²) in [6, 6.07) is 14.5. The molecule has 26 heavy (non-hydrogen) atoms. The molecule has 0 spiro atoms. The van der Waals surface area contributed by atoms with Gasteiger partial charge in [-0.3, -0.25) is 4.79 Å². The highest BCUT2D eigenvalue weighted by Crippen LogP contribution is 2.44. The van der Waals surface area contributed by atoms with Crippen LogP contribution >= 0.6 is 22.6 Å². The number of benzene rings is 2. The van der Waals surface area contributed by atoms with Crippen molar-refractivity contribution in [2.24, 2.45) is 0 Å². The summed E-state index contributed by atoms with van der Waals surface area (Å²) in [6.45, 7) is 1.77. The number of halogens is 1. The molecule has 1 aliphatic heterocycles. The normalized spacial score (nSPS) is 19.8. The minimum atomic E-state index is -1.70. The number of nitrogens with one attached hydrogen (secondary N) is 1. The van der Waals surface area contributed by atoms with Gasteiger partial charge in [-0.2, -0.15) is 0 Å². The van der Waals surface area contributed by atoms with Crippen LogP contribution in [0.3, 0.4) is 0 Å². The average Bonchev–Trinajstić information content (AvgIpc) is 2.86. The van der Waals surface area contributed by atoms with Crippen LogP contribution in [0.5, 0.6) is 0 Å². The molecule has 0 radical (unpaired) electrons. The van der Waals surface area contributed by atoms with Crippen molar-refractivity contribution in [3.63, 3.8) is 0 Å². The van der Waals surface area contributed by atoms with Crippen LogP contribution in [0.4, 0.5) is 11.4 Å². The van der Waals surface area contributed by atoms with Crippen molar-refractivity contribution < 1.29 is 19.4 Å². The number of carbonyl (C=O) groups is 2. The molecule has 0 saturated heterocycles. The van der Waals surface area contributed by atoms with Crippen LogP contribution in [0.25, 0.3) is 0 Å². The Morgan fingerprint density at radius 2 is 1.92 bits per heavy atom. The Kier molecular flexibility index (Phi) is 5.19. The largest absolute Gasteiger partial charge is 0.464 e. The van der Waals surface area contributed by atoms with E-state index in [9.17, 15) is 14.7 Å². The topological polar surface area (TPSA) is 78.9 Å². The second-order valence-corrected chi connectivity index (χ2v) is 7.11. The van der Waals surface area contributed by atoms with Gasteiger partial charge < -0.3 is 20.1 Å². The monoisotopic (exact) mass is 466 g/mol. The van der Waals surface area contributed by atoms with Crippen molar-refractivity contribution in [2.75, 3.05) is 23.9 Å². The van der Waals surface area contributed by atoms with Crippen molar-refractivity contribution in [3.8, 4) is 0 Å². The van der Waals surface area contributed by atoms with Crippen LogP contribution in [0.2, 0.25) is 0 Å². The number of nitrogens with zero attached hydrogens (tertiary/aromatic N) is 1. The first-order chi connectivity index (χ1) is 12.4. The molecule has 6 nitrogen and oxygen atoms in total. The number of hydrogen-bond donors (Lipinski definition) is 2. The fraction of sp³-hybridized carbons (Fsp3) is 0.263. The van der Waals surface area contributed by atoms with Gasteiger partial charge in [0.15, 0.2) is 11.6 Å². The summed E-state index contributed by atoms with van der Waals surface area (Å²) in [5.74, 6) is -1.26. The summed E-state index contributed by atoms with van der Waals surface area (Å²) in [7, 11) is 1.62. The SMILES string of the molecule is CCOC(=O)C(O)C1(Nc2ccccc2I)C(=O)N(C)c2ccccc21. The second kappa shape index (κ2) is 7.24. The lowest BCUT2D eigenvalue weighted by Gasteiger charge is -2.34. The first-order valence-corrected chi connectivity index (χ1v) is 9.26. The number of hydrogen-bond acceptors (Lipinski definition) is 5. The van der Waals surface area contributed by atoms with Crippen LogP contribution in [0.1, 0.15) is 12.5 Å². The summed E-state index contributed by atoms with van der Waals surface area (Å²) < 4.78 is 5.87. The third-order valence-corrected chi connectivity index (χ3v) is 5.40. The zero-order valence-corrected chi connectivity index (χ0v) is 16.6. The molecule has 2 unspecified atom stereocenters. The molecular weight excluding hydrogens is 447 g/mol. The first-order valence-electron chi connectivity index (χ1n) is 8.18. The fourth-order valence-corrected chi connectivity index (χ4v) is 3.74. The molecule has 136 valence electrons. The summed E-state index contributed by atoms with van der Waals surface area (Å²) in [5, 5.41) is 14.0. The van der Waals surface area contributed by atoms with Crippen LogP contribution < -0.4 is 10.2 Å². The number of para-hydroxylation sites is 2. The predicted octanol–water partition coefficient (Wildman–Crippen LogP) is 2.50. The van der Waals surface area contributed by atoms with E-state index in [0.29, 0.717) is 16.9 Å². The molecule has 0 saturated carbocycles. The van der Waals surface area contributed by atoms with E-state index in [1.54, 1.807) is 38.2 Å². The Balaban J connectivity index is 2.19. The lowest BCUT2D eigenvalue weighted by atomic mass is 9.85. The average molecular weight is 466 g/mol. The maximum Gasteiger partial charge on any atom is 0.338 e. The van der Waals surface area contributed by atoms with E-state index in [1.165, 1.54) is 4.90 Å². The minimum absolute atomic E-state index is 0.112. The third-order valence-electron chi connectivity index (χ3n) is 4.46. The van der Waals surface area contributed by atoms with Gasteiger partial charge in [0.25, 0.3) is 5.91 Å². The summed E-state index contributed by atoms with van der Waals surface area (Å²) in [6.07, 6.45) is -1.70. The summed E-state index contributed by atoms with van der Waals surface area (Å²) >= 11 is 2.14. The van der Waals surface area contributed by atoms with Crippen molar-refractivity contribution in [2.45, 2.75) is 18.6 Å². The maximum absolute atomic E-state index is 13.2. The van der Waals surface area contributed by atoms with Crippen molar-refractivity contribution >= 4 is 45.8 Å². The van der Waals surface area contributed by atoms with E-state index >= 15 is 0 Å². The van der Waals surface area contributed by atoms with Gasteiger partial charge >= 0.3 is 5.97 Å². The zero-order valence-electron chi connectivity index (χ0n) is 14.4. The van der Waals surface area contributed by atoms with Gasteiger partial charge in [-0.05, 0) is 47.7 Å². The maximum atomic E-state index is 13.2. The lowest BCUT2D eigenvalue weighted by molar-refractivity contribution is -0.159. The molecule has 2 N–H and O–H groups in total. The van der Waals surface area contributed by atoms with E-state index in [2.05, 4.69) is 27.9 Å². The minimum Gasteiger partial charge on any atom is -0.464 e. The second-order valence-electron chi connectivity index (χ2n) is 5.95. The van der Waals surface area contributed by atoms with E-state index in [0.717, 1.165) is 3.57 Å². The van der Waals surface area contributed by atoms with Gasteiger partial charge in [0.1, 0.15) is 0 Å². The van der Waals surface area contributed by atoms with Gasteiger partial charge in [-0.25, -0.2) is 4.79 Å². The molecule has 0 bridgehead atoms. The number of aliphatic hydroxyl groups is 1. The zero-order chi connectivity index (χ0) is 18.9. The molecule has 0 aliphatic carbocycles. The number of rotatable bonds is 5. The van der Waals surface area contributed by atoms with Gasteiger partial charge in [0.05, 0.1) is 6.61 Å². The number of likely N-dealkylation sites (N-methyl/N-ethyl adjacent to an activating group) is 1. The van der Waals surface area contributed by atoms with Gasteiger partial charge in [0, 0.05) is 27.6 Å². The van der Waals surface area contributed by atoms with E-state index in [1.807, 2.05) is 24.3 Å². The van der Waals surface area contributed by atoms with Crippen LogP contribution in [-0.2, 0) is 19.9 Å². The molecule has 0 fully saturated rings. The summed E-state index contributed by atoms with van der Waals surface area (Å²) in [5.41, 5.74) is 0.167. The number of esters is 1. The Bertz CT molecular complexity index is 857. The lowest BCUT2D eigenvalue weighted by Crippen LogP contribution is -2.57. The standard InChI is InChI=1S/C19H19IN2O4/c1-3-26-17(24)16(23)19(21-14-10-6-5-9-13(14)20)12-8-4-7-11-15(12)22(2)18(19)25/h4-11,16,21,23H,3H2,1-2H3. The summed E-state index contributed by atoms with van der Waals surface area (Å²) in [4.78, 5) is 27.1. The quantitative estimate of drug-likeness (QED) is 0.523. The van der Waals surface area contributed by atoms with Gasteiger partial charge in [-0.15, -0.1) is 0 Å². The molecule has 1 aliphatic rings. The number of amides is 1. The Hall–Kier alpha value is -2.13. The Morgan fingerprint density at radius 1 is 1.27 bits per heavy atom. The molecule has 1 amide bonds. The number of fused-ring (bicyclic) bond motifs is 1. The molecule has 2 aromatic carbocycles. The Morgan fingerprint density at radius 3 is 2.62 bits per heavy atom. The predicted molar refractivity (Wildman–Crippen MR) is 107 cm³/mol. The Labute approximate surface area is 165 Å².